The van der Waals surface area contributed by atoms with E-state index >= 15 is 0 Å². The molecule has 0 amide bonds. The fourth-order valence-electron chi connectivity index (χ4n) is 2.13. The standard InChI is InChI=1S/C13H12ClN5O/c1-7-10(6-8-3-2-4-9(14)5-8)11(20)19-13(16-7)17-12(15)18-19/h2-5H,6H2,1H3,(H3,15,16,17,18). The third kappa shape index (κ3) is 2.14. The molecular weight excluding hydrogens is 278 g/mol. The average Bonchev–Trinajstić information content (AvgIpc) is 2.75. The van der Waals surface area contributed by atoms with Crippen molar-refractivity contribution in [3.63, 3.8) is 0 Å². The van der Waals surface area contributed by atoms with Crippen LogP contribution in [-0.4, -0.2) is 19.6 Å². The molecule has 3 N–H and O–H groups in total. The number of hydrogen-bond acceptors (Lipinski definition) is 4. The highest BCUT2D eigenvalue weighted by atomic mass is 35.5. The van der Waals surface area contributed by atoms with E-state index in [1.54, 1.807) is 13.0 Å². The highest BCUT2D eigenvalue weighted by molar-refractivity contribution is 6.30. The van der Waals surface area contributed by atoms with E-state index in [-0.39, 0.29) is 17.3 Å². The number of aryl methyl sites for hydroxylation is 1. The van der Waals surface area contributed by atoms with Crippen LogP contribution < -0.4 is 11.3 Å². The summed E-state index contributed by atoms with van der Waals surface area (Å²) in [7, 11) is 0. The van der Waals surface area contributed by atoms with E-state index in [0.717, 1.165) is 5.56 Å². The molecule has 6 nitrogen and oxygen atoms in total. The van der Waals surface area contributed by atoms with Crippen LogP contribution in [0.5, 0.6) is 0 Å². The summed E-state index contributed by atoms with van der Waals surface area (Å²) in [5, 5.41) is 3.31. The van der Waals surface area contributed by atoms with E-state index in [0.29, 0.717) is 22.7 Å². The summed E-state index contributed by atoms with van der Waals surface area (Å²) >= 11 is 5.96. The highest BCUT2D eigenvalue weighted by Gasteiger charge is 2.13. The van der Waals surface area contributed by atoms with Gasteiger partial charge in [0.1, 0.15) is 0 Å². The topological polar surface area (TPSA) is 89.1 Å². The Labute approximate surface area is 119 Å². The van der Waals surface area contributed by atoms with Gasteiger partial charge in [-0.15, -0.1) is 0 Å². The average molecular weight is 290 g/mol. The minimum absolute atomic E-state index is 0.161. The third-order valence-corrected chi connectivity index (χ3v) is 3.32. The van der Waals surface area contributed by atoms with Crippen molar-refractivity contribution in [1.82, 2.24) is 19.6 Å². The first-order valence-corrected chi connectivity index (χ1v) is 6.40. The van der Waals surface area contributed by atoms with Gasteiger partial charge < -0.3 is 5.73 Å². The van der Waals surface area contributed by atoms with Crippen molar-refractivity contribution in [3.05, 3.63) is 56.5 Å². The van der Waals surface area contributed by atoms with Crippen molar-refractivity contribution in [1.29, 1.82) is 0 Å². The minimum Gasteiger partial charge on any atom is -0.368 e. The van der Waals surface area contributed by atoms with Crippen molar-refractivity contribution in [2.45, 2.75) is 13.3 Å². The first-order valence-electron chi connectivity index (χ1n) is 6.03. The van der Waals surface area contributed by atoms with Gasteiger partial charge in [0.15, 0.2) is 0 Å². The Bertz CT molecular complexity index is 852. The van der Waals surface area contributed by atoms with Crippen LogP contribution >= 0.6 is 11.6 Å². The van der Waals surface area contributed by atoms with Crippen LogP contribution in [0.3, 0.4) is 0 Å². The van der Waals surface area contributed by atoms with Crippen molar-refractivity contribution in [3.8, 4) is 0 Å². The molecule has 0 saturated carbocycles. The molecule has 0 saturated heterocycles. The largest absolute Gasteiger partial charge is 0.368 e. The maximum Gasteiger partial charge on any atom is 0.277 e. The number of nitrogen functional groups attached to an aromatic ring is 1. The van der Waals surface area contributed by atoms with E-state index in [9.17, 15) is 4.79 Å². The van der Waals surface area contributed by atoms with Gasteiger partial charge in [0.05, 0.1) is 5.69 Å². The van der Waals surface area contributed by atoms with Crippen LogP contribution in [0.15, 0.2) is 29.1 Å². The molecule has 0 unspecified atom stereocenters. The van der Waals surface area contributed by atoms with E-state index in [2.05, 4.69) is 15.1 Å². The number of rotatable bonds is 2. The van der Waals surface area contributed by atoms with Crippen LogP contribution in [0.2, 0.25) is 5.02 Å². The SMILES string of the molecule is Cc1nc2nc(N)[nH]n2c(=O)c1Cc1cccc(Cl)c1. The zero-order valence-corrected chi connectivity index (χ0v) is 11.5. The lowest BCUT2D eigenvalue weighted by Gasteiger charge is -2.05. The van der Waals surface area contributed by atoms with Crippen LogP contribution in [0, 0.1) is 6.92 Å². The second-order valence-electron chi connectivity index (χ2n) is 4.53. The normalized spacial score (nSPS) is 11.1. The molecule has 7 heteroatoms. The number of aromatic nitrogens is 4. The number of nitrogens with zero attached hydrogens (tertiary/aromatic N) is 3. The molecule has 0 aliphatic rings. The summed E-state index contributed by atoms with van der Waals surface area (Å²) in [6.07, 6.45) is 0.458. The van der Waals surface area contributed by atoms with Gasteiger partial charge in [-0.25, -0.2) is 4.98 Å². The first kappa shape index (κ1) is 12.7. The Morgan fingerprint density at radius 1 is 1.40 bits per heavy atom. The summed E-state index contributed by atoms with van der Waals surface area (Å²) in [4.78, 5) is 20.6. The van der Waals surface area contributed by atoms with Crippen molar-refractivity contribution in [2.75, 3.05) is 5.73 Å². The first-order chi connectivity index (χ1) is 9.54. The monoisotopic (exact) mass is 289 g/mol. The maximum atomic E-state index is 12.4. The smallest absolute Gasteiger partial charge is 0.277 e. The molecule has 3 aromatic rings. The second-order valence-corrected chi connectivity index (χ2v) is 4.97. The molecule has 0 fully saturated rings. The van der Waals surface area contributed by atoms with Crippen LogP contribution in [-0.2, 0) is 6.42 Å². The van der Waals surface area contributed by atoms with Gasteiger partial charge in [-0.2, -0.15) is 9.50 Å². The zero-order chi connectivity index (χ0) is 14.3. The Morgan fingerprint density at radius 3 is 2.95 bits per heavy atom. The predicted octanol–water partition coefficient (Wildman–Crippen LogP) is 1.55. The number of nitrogens with two attached hydrogens (primary N) is 1. The van der Waals surface area contributed by atoms with E-state index in [1.807, 2.05) is 18.2 Å². The quantitative estimate of drug-likeness (QED) is 0.749. The van der Waals surface area contributed by atoms with Crippen molar-refractivity contribution < 1.29 is 0 Å². The molecule has 0 aliphatic heterocycles. The molecule has 3 rings (SSSR count). The van der Waals surface area contributed by atoms with E-state index in [1.165, 1.54) is 4.52 Å². The Morgan fingerprint density at radius 2 is 2.20 bits per heavy atom. The van der Waals surface area contributed by atoms with Gasteiger partial charge in [0, 0.05) is 17.0 Å². The Hall–Kier alpha value is -2.34. The van der Waals surface area contributed by atoms with Gasteiger partial charge in [0.25, 0.3) is 11.3 Å². The molecule has 20 heavy (non-hydrogen) atoms. The maximum absolute atomic E-state index is 12.4. The molecule has 1 aromatic carbocycles. The number of halogens is 1. The van der Waals surface area contributed by atoms with Gasteiger partial charge in [-0.05, 0) is 24.6 Å². The number of fused-ring (bicyclic) bond motifs is 1. The summed E-state index contributed by atoms with van der Waals surface area (Å²) in [5.41, 5.74) is 7.53. The molecule has 102 valence electrons. The molecule has 0 radical (unpaired) electrons. The third-order valence-electron chi connectivity index (χ3n) is 3.08. The van der Waals surface area contributed by atoms with Crippen LogP contribution in [0.1, 0.15) is 16.8 Å². The fraction of sp³-hybridized carbons (Fsp3) is 0.154. The van der Waals surface area contributed by atoms with Crippen LogP contribution in [0.4, 0.5) is 5.95 Å². The van der Waals surface area contributed by atoms with Gasteiger partial charge >= 0.3 is 0 Å². The summed E-state index contributed by atoms with van der Waals surface area (Å²) < 4.78 is 1.25. The lowest BCUT2D eigenvalue weighted by atomic mass is 10.1. The molecule has 0 bridgehead atoms. The predicted molar refractivity (Wildman–Crippen MR) is 77.0 cm³/mol. The summed E-state index contributed by atoms with van der Waals surface area (Å²) in [5.74, 6) is 0.439. The molecular formula is C13H12ClN5O. The lowest BCUT2D eigenvalue weighted by molar-refractivity contribution is 0.861. The summed E-state index contributed by atoms with van der Waals surface area (Å²) in [6, 6.07) is 7.39. The summed E-state index contributed by atoms with van der Waals surface area (Å²) in [6.45, 7) is 1.78. The Balaban J connectivity index is 2.14. The number of H-pyrrole nitrogens is 1. The van der Waals surface area contributed by atoms with Gasteiger partial charge in [-0.1, -0.05) is 23.7 Å². The van der Waals surface area contributed by atoms with E-state index in [4.69, 9.17) is 17.3 Å². The van der Waals surface area contributed by atoms with E-state index < -0.39 is 0 Å². The number of anilines is 1. The fourth-order valence-corrected chi connectivity index (χ4v) is 2.34. The molecule has 0 atom stereocenters. The van der Waals surface area contributed by atoms with Gasteiger partial charge in [-0.3, -0.25) is 9.89 Å². The minimum atomic E-state index is -0.198. The number of nitrogens with one attached hydrogen (secondary N) is 1. The lowest BCUT2D eigenvalue weighted by Crippen LogP contribution is -2.22. The van der Waals surface area contributed by atoms with Crippen molar-refractivity contribution in [2.24, 2.45) is 0 Å². The second kappa shape index (κ2) is 4.64. The zero-order valence-electron chi connectivity index (χ0n) is 10.7. The van der Waals surface area contributed by atoms with Crippen LogP contribution in [0.25, 0.3) is 5.78 Å². The molecule has 2 heterocycles. The molecule has 2 aromatic heterocycles. The molecule has 0 aliphatic carbocycles. The number of aromatic amines is 1. The van der Waals surface area contributed by atoms with Crippen molar-refractivity contribution >= 4 is 23.3 Å². The molecule has 0 spiro atoms. The highest BCUT2D eigenvalue weighted by Crippen LogP contribution is 2.14. The number of benzene rings is 1. The number of hydrogen-bond donors (Lipinski definition) is 2. The van der Waals surface area contributed by atoms with Gasteiger partial charge in [0.2, 0.25) is 5.95 Å². The Kier molecular flexibility index (Phi) is 2.94.